The van der Waals surface area contributed by atoms with Gasteiger partial charge in [0.15, 0.2) is 11.5 Å². The van der Waals surface area contributed by atoms with Crippen molar-refractivity contribution >= 4 is 22.5 Å². The molecule has 0 aliphatic heterocycles. The molecule has 0 amide bonds. The average Bonchev–Trinajstić information content (AvgIpc) is 2.90. The number of ether oxygens (including phenoxy) is 1. The molecule has 6 heteroatoms. The van der Waals surface area contributed by atoms with E-state index in [0.717, 1.165) is 34.9 Å². The van der Waals surface area contributed by atoms with E-state index in [-0.39, 0.29) is 0 Å². The average molecular weight is 271 g/mol. The standard InChI is InChI=1S/C14H17N5O/c1-4-18(2)14-15-11-8-6-5-7-10(11)13-17-16-12(9-20-3)19(13)14/h5-8H,4,9H2,1-3H3. The van der Waals surface area contributed by atoms with E-state index < -0.39 is 0 Å². The van der Waals surface area contributed by atoms with Gasteiger partial charge in [-0.2, -0.15) is 0 Å². The van der Waals surface area contributed by atoms with Gasteiger partial charge in [0, 0.05) is 26.1 Å². The van der Waals surface area contributed by atoms with Crippen molar-refractivity contribution in [2.45, 2.75) is 13.5 Å². The fourth-order valence-corrected chi connectivity index (χ4v) is 2.24. The quantitative estimate of drug-likeness (QED) is 0.725. The zero-order valence-electron chi connectivity index (χ0n) is 11.9. The van der Waals surface area contributed by atoms with Crippen LogP contribution in [0, 0.1) is 0 Å². The fourth-order valence-electron chi connectivity index (χ4n) is 2.24. The third-order valence-electron chi connectivity index (χ3n) is 3.38. The minimum absolute atomic E-state index is 0.408. The summed E-state index contributed by atoms with van der Waals surface area (Å²) in [5.74, 6) is 1.59. The van der Waals surface area contributed by atoms with Gasteiger partial charge in [-0.25, -0.2) is 9.38 Å². The number of para-hydroxylation sites is 1. The number of fused-ring (bicyclic) bond motifs is 3. The molecule has 3 rings (SSSR count). The molecule has 2 heterocycles. The normalized spacial score (nSPS) is 11.3. The Morgan fingerprint density at radius 3 is 2.80 bits per heavy atom. The van der Waals surface area contributed by atoms with Crippen LogP contribution < -0.4 is 4.90 Å². The van der Waals surface area contributed by atoms with E-state index in [9.17, 15) is 0 Å². The number of hydrogen-bond acceptors (Lipinski definition) is 5. The smallest absolute Gasteiger partial charge is 0.213 e. The van der Waals surface area contributed by atoms with Gasteiger partial charge in [0.1, 0.15) is 6.61 Å². The number of methoxy groups -OCH3 is 1. The number of hydrogen-bond donors (Lipinski definition) is 0. The lowest BCUT2D eigenvalue weighted by molar-refractivity contribution is 0.177. The highest BCUT2D eigenvalue weighted by atomic mass is 16.5. The molecule has 0 atom stereocenters. The molecule has 0 N–H and O–H groups in total. The van der Waals surface area contributed by atoms with Crippen molar-refractivity contribution in [2.75, 3.05) is 25.6 Å². The highest BCUT2D eigenvalue weighted by molar-refractivity contribution is 5.92. The molecule has 104 valence electrons. The predicted octanol–water partition coefficient (Wildman–Crippen LogP) is 1.88. The van der Waals surface area contributed by atoms with Crippen LogP contribution in [0.3, 0.4) is 0 Å². The Bertz CT molecular complexity index is 752. The van der Waals surface area contributed by atoms with Crippen molar-refractivity contribution in [3.05, 3.63) is 30.1 Å². The summed E-state index contributed by atoms with van der Waals surface area (Å²) >= 11 is 0. The topological polar surface area (TPSA) is 55.5 Å². The third kappa shape index (κ3) is 1.89. The van der Waals surface area contributed by atoms with Crippen LogP contribution in [0.5, 0.6) is 0 Å². The first-order valence-corrected chi connectivity index (χ1v) is 6.59. The van der Waals surface area contributed by atoms with Crippen LogP contribution in [0.1, 0.15) is 12.7 Å². The Hall–Kier alpha value is -2.21. The second-order valence-electron chi connectivity index (χ2n) is 4.65. The molecule has 2 aromatic heterocycles. The van der Waals surface area contributed by atoms with Crippen molar-refractivity contribution in [2.24, 2.45) is 0 Å². The van der Waals surface area contributed by atoms with Gasteiger partial charge >= 0.3 is 0 Å². The van der Waals surface area contributed by atoms with E-state index in [1.807, 2.05) is 35.7 Å². The minimum atomic E-state index is 0.408. The molecule has 0 spiro atoms. The van der Waals surface area contributed by atoms with Gasteiger partial charge < -0.3 is 9.64 Å². The number of anilines is 1. The van der Waals surface area contributed by atoms with Gasteiger partial charge in [-0.1, -0.05) is 12.1 Å². The lowest BCUT2D eigenvalue weighted by Crippen LogP contribution is -2.21. The van der Waals surface area contributed by atoms with Gasteiger partial charge in [-0.3, -0.25) is 0 Å². The molecule has 3 aromatic rings. The SMILES string of the molecule is CCN(C)c1nc2ccccc2c2nnc(COC)n12. The molecule has 0 unspecified atom stereocenters. The summed E-state index contributed by atoms with van der Waals surface area (Å²) < 4.78 is 7.17. The number of aromatic nitrogens is 4. The number of benzene rings is 1. The molecule has 0 fully saturated rings. The van der Waals surface area contributed by atoms with E-state index in [0.29, 0.717) is 6.61 Å². The predicted molar refractivity (Wildman–Crippen MR) is 77.9 cm³/mol. The Morgan fingerprint density at radius 2 is 2.05 bits per heavy atom. The maximum absolute atomic E-state index is 5.21. The molecule has 0 saturated heterocycles. The molecular weight excluding hydrogens is 254 g/mol. The Kier molecular flexibility index (Phi) is 3.23. The molecule has 0 saturated carbocycles. The van der Waals surface area contributed by atoms with Crippen LogP contribution in [-0.4, -0.2) is 40.3 Å². The molecular formula is C14H17N5O. The van der Waals surface area contributed by atoms with E-state index in [1.54, 1.807) is 7.11 Å². The van der Waals surface area contributed by atoms with Gasteiger partial charge in [-0.15, -0.1) is 10.2 Å². The minimum Gasteiger partial charge on any atom is -0.377 e. The lowest BCUT2D eigenvalue weighted by Gasteiger charge is -2.18. The monoisotopic (exact) mass is 271 g/mol. The zero-order valence-corrected chi connectivity index (χ0v) is 11.9. The first-order chi connectivity index (χ1) is 9.76. The lowest BCUT2D eigenvalue weighted by atomic mass is 10.2. The third-order valence-corrected chi connectivity index (χ3v) is 3.38. The van der Waals surface area contributed by atoms with E-state index in [4.69, 9.17) is 9.72 Å². The molecule has 20 heavy (non-hydrogen) atoms. The summed E-state index contributed by atoms with van der Waals surface area (Å²) in [7, 11) is 3.66. The van der Waals surface area contributed by atoms with E-state index >= 15 is 0 Å². The van der Waals surface area contributed by atoms with Gasteiger partial charge in [0.2, 0.25) is 5.95 Å². The second kappa shape index (κ2) is 5.05. The molecule has 0 bridgehead atoms. The summed E-state index contributed by atoms with van der Waals surface area (Å²) in [6.07, 6.45) is 0. The second-order valence-corrected chi connectivity index (χ2v) is 4.65. The molecule has 0 radical (unpaired) electrons. The molecule has 0 aliphatic carbocycles. The summed E-state index contributed by atoms with van der Waals surface area (Å²) in [5.41, 5.74) is 1.74. The summed E-state index contributed by atoms with van der Waals surface area (Å²) in [6.45, 7) is 3.35. The Balaban J connectivity index is 2.39. The highest BCUT2D eigenvalue weighted by Crippen LogP contribution is 2.23. The van der Waals surface area contributed by atoms with Crippen LogP contribution in [0.15, 0.2) is 24.3 Å². The van der Waals surface area contributed by atoms with Crippen molar-refractivity contribution in [1.29, 1.82) is 0 Å². The highest BCUT2D eigenvalue weighted by Gasteiger charge is 2.16. The van der Waals surface area contributed by atoms with Gasteiger partial charge in [-0.05, 0) is 19.1 Å². The first-order valence-electron chi connectivity index (χ1n) is 6.59. The number of nitrogens with zero attached hydrogens (tertiary/aromatic N) is 5. The summed E-state index contributed by atoms with van der Waals surface area (Å²) in [5, 5.41) is 9.54. The molecule has 1 aromatic carbocycles. The Morgan fingerprint density at radius 1 is 1.25 bits per heavy atom. The Labute approximate surface area is 117 Å². The zero-order chi connectivity index (χ0) is 14.1. The summed E-state index contributed by atoms with van der Waals surface area (Å²) in [4.78, 5) is 6.81. The molecule has 0 aliphatic rings. The molecule has 6 nitrogen and oxygen atoms in total. The van der Waals surface area contributed by atoms with Crippen LogP contribution in [0.2, 0.25) is 0 Å². The maximum Gasteiger partial charge on any atom is 0.213 e. The largest absolute Gasteiger partial charge is 0.377 e. The van der Waals surface area contributed by atoms with Gasteiger partial charge in [0.25, 0.3) is 0 Å². The van der Waals surface area contributed by atoms with Crippen LogP contribution in [-0.2, 0) is 11.3 Å². The van der Waals surface area contributed by atoms with Crippen LogP contribution in [0.25, 0.3) is 16.6 Å². The number of rotatable bonds is 4. The van der Waals surface area contributed by atoms with Gasteiger partial charge in [0.05, 0.1) is 5.52 Å². The van der Waals surface area contributed by atoms with E-state index in [2.05, 4.69) is 22.0 Å². The fraction of sp³-hybridized carbons (Fsp3) is 0.357. The van der Waals surface area contributed by atoms with Crippen LogP contribution >= 0.6 is 0 Å². The summed E-state index contributed by atoms with van der Waals surface area (Å²) in [6, 6.07) is 7.97. The van der Waals surface area contributed by atoms with Crippen molar-refractivity contribution in [3.63, 3.8) is 0 Å². The van der Waals surface area contributed by atoms with Crippen molar-refractivity contribution in [3.8, 4) is 0 Å². The van der Waals surface area contributed by atoms with E-state index in [1.165, 1.54) is 0 Å². The maximum atomic E-state index is 5.21. The van der Waals surface area contributed by atoms with Crippen LogP contribution in [0.4, 0.5) is 5.95 Å². The van der Waals surface area contributed by atoms with Crippen molar-refractivity contribution in [1.82, 2.24) is 19.6 Å². The van der Waals surface area contributed by atoms with Crippen molar-refractivity contribution < 1.29 is 4.74 Å². The first kappa shape index (κ1) is 12.8.